The van der Waals surface area contributed by atoms with Crippen molar-refractivity contribution >= 4 is 17.5 Å². The SMILES string of the molecule is O=C(CCl)N1CCC(OCc2ccccc2F)CC1. The van der Waals surface area contributed by atoms with Gasteiger partial charge in [0.2, 0.25) is 5.91 Å². The van der Waals surface area contributed by atoms with Crippen LogP contribution >= 0.6 is 11.6 Å². The third kappa shape index (κ3) is 3.91. The lowest BCUT2D eigenvalue weighted by Gasteiger charge is -2.31. The highest BCUT2D eigenvalue weighted by Crippen LogP contribution is 2.17. The van der Waals surface area contributed by atoms with Gasteiger partial charge in [-0.15, -0.1) is 11.6 Å². The van der Waals surface area contributed by atoms with Gasteiger partial charge in [0.15, 0.2) is 0 Å². The van der Waals surface area contributed by atoms with Crippen molar-refractivity contribution in [2.24, 2.45) is 0 Å². The summed E-state index contributed by atoms with van der Waals surface area (Å²) in [6.07, 6.45) is 1.63. The van der Waals surface area contributed by atoms with Gasteiger partial charge in [-0.2, -0.15) is 0 Å². The van der Waals surface area contributed by atoms with Gasteiger partial charge in [0, 0.05) is 18.7 Å². The van der Waals surface area contributed by atoms with E-state index in [0.29, 0.717) is 18.7 Å². The van der Waals surface area contributed by atoms with E-state index in [9.17, 15) is 9.18 Å². The number of amides is 1. The Bertz CT molecular complexity index is 433. The van der Waals surface area contributed by atoms with Crippen LogP contribution in [0.4, 0.5) is 4.39 Å². The molecule has 104 valence electrons. The highest BCUT2D eigenvalue weighted by Gasteiger charge is 2.22. The fraction of sp³-hybridized carbons (Fsp3) is 0.500. The van der Waals surface area contributed by atoms with E-state index >= 15 is 0 Å². The summed E-state index contributed by atoms with van der Waals surface area (Å²) < 4.78 is 19.1. The van der Waals surface area contributed by atoms with Gasteiger partial charge in [-0.25, -0.2) is 4.39 Å². The van der Waals surface area contributed by atoms with Crippen molar-refractivity contribution in [2.75, 3.05) is 19.0 Å². The number of piperidine rings is 1. The Morgan fingerprint density at radius 3 is 2.68 bits per heavy atom. The largest absolute Gasteiger partial charge is 0.373 e. The molecular formula is C14H17ClFNO2. The molecule has 0 unspecified atom stereocenters. The van der Waals surface area contributed by atoms with Crippen LogP contribution in [0.15, 0.2) is 24.3 Å². The molecular weight excluding hydrogens is 269 g/mol. The molecule has 1 saturated heterocycles. The molecule has 0 saturated carbocycles. The number of ether oxygens (including phenoxy) is 1. The average molecular weight is 286 g/mol. The topological polar surface area (TPSA) is 29.5 Å². The Hall–Kier alpha value is -1.13. The van der Waals surface area contributed by atoms with Crippen molar-refractivity contribution in [3.8, 4) is 0 Å². The third-order valence-electron chi connectivity index (χ3n) is 3.34. The summed E-state index contributed by atoms with van der Waals surface area (Å²) in [6.45, 7) is 1.60. The Labute approximate surface area is 117 Å². The molecule has 1 fully saturated rings. The predicted octanol–water partition coefficient (Wildman–Crippen LogP) is 2.57. The van der Waals surface area contributed by atoms with E-state index in [1.54, 1.807) is 23.1 Å². The van der Waals surface area contributed by atoms with Crippen molar-refractivity contribution in [3.05, 3.63) is 35.6 Å². The molecule has 1 aliphatic rings. The number of nitrogens with zero attached hydrogens (tertiary/aromatic N) is 1. The Kier molecular flexibility index (Phi) is 5.16. The Balaban J connectivity index is 1.77. The molecule has 1 aromatic carbocycles. The number of halogens is 2. The van der Waals surface area contributed by atoms with E-state index in [4.69, 9.17) is 16.3 Å². The first kappa shape index (κ1) is 14.3. The van der Waals surface area contributed by atoms with Gasteiger partial charge in [-0.05, 0) is 18.9 Å². The van der Waals surface area contributed by atoms with Crippen molar-refractivity contribution in [2.45, 2.75) is 25.6 Å². The number of rotatable bonds is 4. The fourth-order valence-corrected chi connectivity index (χ4v) is 2.35. The first-order chi connectivity index (χ1) is 9.20. The minimum absolute atomic E-state index is 0.0285. The van der Waals surface area contributed by atoms with Gasteiger partial charge < -0.3 is 9.64 Å². The monoisotopic (exact) mass is 285 g/mol. The van der Waals surface area contributed by atoms with Crippen LogP contribution in [-0.4, -0.2) is 35.9 Å². The number of alkyl halides is 1. The summed E-state index contributed by atoms with van der Waals surface area (Å²) in [6, 6.07) is 6.61. The van der Waals surface area contributed by atoms with Crippen molar-refractivity contribution in [3.63, 3.8) is 0 Å². The van der Waals surface area contributed by atoms with Crippen LogP contribution in [0.3, 0.4) is 0 Å². The molecule has 3 nitrogen and oxygen atoms in total. The zero-order valence-electron chi connectivity index (χ0n) is 10.6. The fourth-order valence-electron chi connectivity index (χ4n) is 2.18. The van der Waals surface area contributed by atoms with E-state index in [-0.39, 0.29) is 30.3 Å². The molecule has 2 rings (SSSR count). The molecule has 0 bridgehead atoms. The molecule has 0 radical (unpaired) electrons. The number of carbonyl (C=O) groups excluding carboxylic acids is 1. The van der Waals surface area contributed by atoms with Gasteiger partial charge in [-0.3, -0.25) is 4.79 Å². The summed E-state index contributed by atoms with van der Waals surface area (Å²) in [4.78, 5) is 13.1. The van der Waals surface area contributed by atoms with Gasteiger partial charge in [0.05, 0.1) is 12.7 Å². The number of hydrogen-bond acceptors (Lipinski definition) is 2. The Morgan fingerprint density at radius 2 is 2.05 bits per heavy atom. The molecule has 19 heavy (non-hydrogen) atoms. The lowest BCUT2D eigenvalue weighted by molar-refractivity contribution is -0.131. The molecule has 0 aromatic heterocycles. The van der Waals surface area contributed by atoms with Crippen molar-refractivity contribution in [1.29, 1.82) is 0 Å². The normalized spacial score (nSPS) is 16.6. The molecule has 0 aliphatic carbocycles. The number of carbonyl (C=O) groups is 1. The van der Waals surface area contributed by atoms with Crippen LogP contribution in [0.1, 0.15) is 18.4 Å². The molecule has 0 N–H and O–H groups in total. The molecule has 1 aromatic rings. The van der Waals surface area contributed by atoms with Crippen LogP contribution in [0, 0.1) is 5.82 Å². The summed E-state index contributed by atoms with van der Waals surface area (Å²) in [5, 5.41) is 0. The first-order valence-corrected chi connectivity index (χ1v) is 6.93. The predicted molar refractivity (Wildman–Crippen MR) is 71.5 cm³/mol. The minimum atomic E-state index is -0.239. The highest BCUT2D eigenvalue weighted by atomic mass is 35.5. The van der Waals surface area contributed by atoms with Gasteiger partial charge in [-0.1, -0.05) is 18.2 Å². The van der Waals surface area contributed by atoms with E-state index in [1.165, 1.54) is 6.07 Å². The Morgan fingerprint density at radius 1 is 1.37 bits per heavy atom. The van der Waals surface area contributed by atoms with Crippen LogP contribution in [-0.2, 0) is 16.1 Å². The summed E-state index contributed by atoms with van der Waals surface area (Å²) in [7, 11) is 0. The smallest absolute Gasteiger partial charge is 0.237 e. The molecule has 0 spiro atoms. The van der Waals surface area contributed by atoms with Crippen LogP contribution in [0.25, 0.3) is 0 Å². The molecule has 0 atom stereocenters. The first-order valence-electron chi connectivity index (χ1n) is 6.39. The van der Waals surface area contributed by atoms with Crippen LogP contribution < -0.4 is 0 Å². The average Bonchev–Trinajstić information content (AvgIpc) is 2.46. The second-order valence-electron chi connectivity index (χ2n) is 4.62. The van der Waals surface area contributed by atoms with E-state index in [1.807, 2.05) is 0 Å². The van der Waals surface area contributed by atoms with E-state index in [0.717, 1.165) is 12.8 Å². The summed E-state index contributed by atoms with van der Waals surface area (Å²) in [5.74, 6) is -0.243. The zero-order chi connectivity index (χ0) is 13.7. The maximum absolute atomic E-state index is 13.4. The van der Waals surface area contributed by atoms with Crippen molar-refractivity contribution in [1.82, 2.24) is 4.90 Å². The molecule has 1 amide bonds. The maximum atomic E-state index is 13.4. The van der Waals surface area contributed by atoms with E-state index in [2.05, 4.69) is 0 Å². The maximum Gasteiger partial charge on any atom is 0.237 e. The highest BCUT2D eigenvalue weighted by molar-refractivity contribution is 6.27. The molecule has 1 heterocycles. The van der Waals surface area contributed by atoms with Crippen LogP contribution in [0.2, 0.25) is 0 Å². The molecule has 5 heteroatoms. The van der Waals surface area contributed by atoms with Gasteiger partial charge in [0.25, 0.3) is 0 Å². The third-order valence-corrected chi connectivity index (χ3v) is 3.57. The number of likely N-dealkylation sites (tertiary alicyclic amines) is 1. The number of hydrogen-bond donors (Lipinski definition) is 0. The van der Waals surface area contributed by atoms with Gasteiger partial charge in [0.1, 0.15) is 11.7 Å². The summed E-state index contributed by atoms with van der Waals surface area (Å²) >= 11 is 5.52. The van der Waals surface area contributed by atoms with Crippen molar-refractivity contribution < 1.29 is 13.9 Å². The zero-order valence-corrected chi connectivity index (χ0v) is 11.4. The second-order valence-corrected chi connectivity index (χ2v) is 4.88. The minimum Gasteiger partial charge on any atom is -0.373 e. The number of benzene rings is 1. The standard InChI is InChI=1S/C14H17ClFNO2/c15-9-14(18)17-7-5-12(6-8-17)19-10-11-3-1-2-4-13(11)16/h1-4,12H,5-10H2. The molecule has 1 aliphatic heterocycles. The second kappa shape index (κ2) is 6.87. The lowest BCUT2D eigenvalue weighted by atomic mass is 10.1. The quantitative estimate of drug-likeness (QED) is 0.796. The van der Waals surface area contributed by atoms with E-state index < -0.39 is 0 Å². The van der Waals surface area contributed by atoms with Gasteiger partial charge >= 0.3 is 0 Å². The summed E-state index contributed by atoms with van der Waals surface area (Å²) in [5.41, 5.74) is 0.571. The van der Waals surface area contributed by atoms with Crippen LogP contribution in [0.5, 0.6) is 0 Å². The lowest BCUT2D eigenvalue weighted by Crippen LogP contribution is -2.41.